The maximum Gasteiger partial charge on any atom is 0.264 e. The van der Waals surface area contributed by atoms with Crippen LogP contribution in [0.1, 0.15) is 36.1 Å². The highest BCUT2D eigenvalue weighted by molar-refractivity contribution is 7.92. The van der Waals surface area contributed by atoms with Gasteiger partial charge in [-0.2, -0.15) is 0 Å². The predicted molar refractivity (Wildman–Crippen MR) is 178 cm³/mol. The molecule has 236 valence electrons. The normalized spacial score (nSPS) is 11.8. The van der Waals surface area contributed by atoms with Gasteiger partial charge in [-0.3, -0.25) is 13.9 Å². The Balaban J connectivity index is 1.79. The first-order valence-electron chi connectivity index (χ1n) is 15.1. The highest BCUT2D eigenvalue weighted by atomic mass is 32.2. The van der Waals surface area contributed by atoms with Crippen LogP contribution in [0, 0.1) is 13.8 Å². The molecule has 0 saturated heterocycles. The molecule has 0 bridgehead atoms. The van der Waals surface area contributed by atoms with Gasteiger partial charge in [-0.1, -0.05) is 77.9 Å². The molecule has 0 aliphatic carbocycles. The van der Waals surface area contributed by atoms with Gasteiger partial charge in [0.1, 0.15) is 18.3 Å². The zero-order chi connectivity index (χ0) is 32.4. The largest absolute Gasteiger partial charge is 0.494 e. The van der Waals surface area contributed by atoms with Crippen molar-refractivity contribution in [2.45, 2.75) is 51.6 Å². The molecular formula is C36H41N3O5S. The van der Waals surface area contributed by atoms with Gasteiger partial charge in [-0.05, 0) is 75.2 Å². The van der Waals surface area contributed by atoms with E-state index in [1.807, 2.05) is 82.3 Å². The third-order valence-corrected chi connectivity index (χ3v) is 9.17. The lowest BCUT2D eigenvalue weighted by Gasteiger charge is -2.34. The zero-order valence-corrected chi connectivity index (χ0v) is 27.1. The number of rotatable bonds is 14. The first-order chi connectivity index (χ1) is 21.6. The molecule has 2 amide bonds. The summed E-state index contributed by atoms with van der Waals surface area (Å²) in [5.74, 6) is -0.231. The Morgan fingerprint density at radius 3 is 2.09 bits per heavy atom. The molecule has 8 nitrogen and oxygen atoms in total. The summed E-state index contributed by atoms with van der Waals surface area (Å²) < 4.78 is 35.0. The number of hydrogen-bond donors (Lipinski definition) is 1. The highest BCUT2D eigenvalue weighted by Gasteiger charge is 2.34. The molecule has 0 aliphatic heterocycles. The van der Waals surface area contributed by atoms with E-state index in [0.29, 0.717) is 24.6 Å². The van der Waals surface area contributed by atoms with E-state index >= 15 is 0 Å². The Kier molecular flexibility index (Phi) is 11.4. The highest BCUT2D eigenvalue weighted by Crippen LogP contribution is 2.27. The second-order valence-electron chi connectivity index (χ2n) is 10.9. The minimum atomic E-state index is -4.17. The van der Waals surface area contributed by atoms with Crippen molar-refractivity contribution >= 4 is 27.5 Å². The first-order valence-corrected chi connectivity index (χ1v) is 16.5. The summed E-state index contributed by atoms with van der Waals surface area (Å²) in [6.45, 7) is 7.98. The lowest BCUT2D eigenvalue weighted by Crippen LogP contribution is -2.53. The molecule has 0 heterocycles. The lowest BCUT2D eigenvalue weighted by atomic mass is 10.0. The number of benzene rings is 4. The first kappa shape index (κ1) is 33.3. The number of sulfonamides is 1. The Bertz CT molecular complexity index is 1670. The van der Waals surface area contributed by atoms with Crippen LogP contribution in [0.5, 0.6) is 5.75 Å². The fraction of sp³-hybridized carbons (Fsp3) is 0.278. The van der Waals surface area contributed by atoms with E-state index in [9.17, 15) is 18.0 Å². The number of nitrogens with one attached hydrogen (secondary N) is 1. The predicted octanol–water partition coefficient (Wildman–Crippen LogP) is 5.67. The number of nitrogens with zero attached hydrogens (tertiary/aromatic N) is 2. The lowest BCUT2D eigenvalue weighted by molar-refractivity contribution is -0.140. The summed E-state index contributed by atoms with van der Waals surface area (Å²) in [6, 6.07) is 29.5. The van der Waals surface area contributed by atoms with Crippen LogP contribution in [0.2, 0.25) is 0 Å². The van der Waals surface area contributed by atoms with Gasteiger partial charge in [0.2, 0.25) is 11.8 Å². The summed E-state index contributed by atoms with van der Waals surface area (Å²) in [4.78, 5) is 29.6. The van der Waals surface area contributed by atoms with Crippen molar-refractivity contribution in [1.82, 2.24) is 10.2 Å². The van der Waals surface area contributed by atoms with Crippen molar-refractivity contribution in [3.8, 4) is 5.75 Å². The number of carbonyl (C=O) groups is 2. The number of hydrogen-bond acceptors (Lipinski definition) is 5. The molecule has 1 N–H and O–H groups in total. The summed E-state index contributed by atoms with van der Waals surface area (Å²) >= 11 is 0. The van der Waals surface area contributed by atoms with Crippen molar-refractivity contribution in [2.75, 3.05) is 24.0 Å². The average Bonchev–Trinajstić information content (AvgIpc) is 3.03. The number of carbonyl (C=O) groups excluding carboxylic acids is 2. The van der Waals surface area contributed by atoms with Gasteiger partial charge < -0.3 is 15.0 Å². The Hall–Kier alpha value is -4.63. The Labute approximate surface area is 266 Å². The molecule has 0 saturated carbocycles. The van der Waals surface area contributed by atoms with Gasteiger partial charge in [-0.25, -0.2) is 8.42 Å². The maximum absolute atomic E-state index is 14.5. The third-order valence-electron chi connectivity index (χ3n) is 7.38. The molecule has 4 aromatic carbocycles. The minimum absolute atomic E-state index is 0.0598. The summed E-state index contributed by atoms with van der Waals surface area (Å²) in [7, 11) is -4.17. The summed E-state index contributed by atoms with van der Waals surface area (Å²) in [6.07, 6.45) is 0.262. The molecule has 1 unspecified atom stereocenters. The van der Waals surface area contributed by atoms with E-state index < -0.39 is 28.5 Å². The zero-order valence-electron chi connectivity index (χ0n) is 26.3. The Morgan fingerprint density at radius 1 is 0.800 bits per heavy atom. The monoisotopic (exact) mass is 627 g/mol. The quantitative estimate of drug-likeness (QED) is 0.194. The summed E-state index contributed by atoms with van der Waals surface area (Å²) in [5.41, 5.74) is 3.94. The number of anilines is 1. The van der Waals surface area contributed by atoms with Gasteiger partial charge in [0, 0.05) is 19.5 Å². The molecule has 0 radical (unpaired) electrons. The van der Waals surface area contributed by atoms with Crippen LogP contribution in [-0.2, 0) is 32.6 Å². The van der Waals surface area contributed by atoms with E-state index in [2.05, 4.69) is 5.32 Å². The topological polar surface area (TPSA) is 96.0 Å². The van der Waals surface area contributed by atoms with E-state index in [0.717, 1.165) is 26.6 Å². The second kappa shape index (κ2) is 15.4. The van der Waals surface area contributed by atoms with Crippen LogP contribution in [0.3, 0.4) is 0 Å². The van der Waals surface area contributed by atoms with E-state index in [1.165, 1.54) is 17.0 Å². The molecule has 0 spiro atoms. The third kappa shape index (κ3) is 8.73. The number of amides is 2. The number of likely N-dealkylation sites (N-methyl/N-ethyl adjacent to an activating group) is 1. The fourth-order valence-electron chi connectivity index (χ4n) is 5.09. The second-order valence-corrected chi connectivity index (χ2v) is 12.7. The Morgan fingerprint density at radius 2 is 1.47 bits per heavy atom. The molecule has 0 aromatic heterocycles. The molecule has 4 rings (SSSR count). The van der Waals surface area contributed by atoms with E-state index in [4.69, 9.17) is 4.74 Å². The van der Waals surface area contributed by atoms with Gasteiger partial charge in [-0.15, -0.1) is 0 Å². The van der Waals surface area contributed by atoms with E-state index in [-0.39, 0.29) is 23.8 Å². The molecule has 9 heteroatoms. The maximum atomic E-state index is 14.5. The average molecular weight is 628 g/mol. The molecule has 1 atom stereocenters. The van der Waals surface area contributed by atoms with Gasteiger partial charge in [0.15, 0.2) is 0 Å². The SMILES string of the molecule is CCNC(=O)C(Cc1ccccc1)N(Cc1cccc(C)c1)C(=O)CN(c1ccc(OCC)cc1)S(=O)(=O)c1ccc(C)cc1. The molecule has 45 heavy (non-hydrogen) atoms. The molecule has 4 aromatic rings. The van der Waals surface area contributed by atoms with Gasteiger partial charge in [0.05, 0.1) is 17.2 Å². The standard InChI is InChI=1S/C36H41N3O5S/c1-5-37-36(41)34(24-29-12-8-7-9-13-29)38(25-30-14-10-11-28(4)23-30)35(40)26-39(31-17-19-32(20-18-31)44-6-2)45(42,43)33-21-15-27(3)16-22-33/h7-23,34H,5-6,24-26H2,1-4H3,(H,37,41). The van der Waals surface area contributed by atoms with E-state index in [1.54, 1.807) is 36.4 Å². The smallest absolute Gasteiger partial charge is 0.264 e. The van der Waals surface area contributed by atoms with Crippen LogP contribution in [-0.4, -0.2) is 50.9 Å². The van der Waals surface area contributed by atoms with Gasteiger partial charge in [0.25, 0.3) is 10.0 Å². The fourth-order valence-corrected chi connectivity index (χ4v) is 6.51. The minimum Gasteiger partial charge on any atom is -0.494 e. The van der Waals surface area contributed by atoms with Crippen molar-refractivity contribution in [3.63, 3.8) is 0 Å². The van der Waals surface area contributed by atoms with Crippen LogP contribution < -0.4 is 14.4 Å². The van der Waals surface area contributed by atoms with Crippen molar-refractivity contribution in [2.24, 2.45) is 0 Å². The van der Waals surface area contributed by atoms with Crippen LogP contribution in [0.4, 0.5) is 5.69 Å². The van der Waals surface area contributed by atoms with Crippen LogP contribution >= 0.6 is 0 Å². The molecule has 0 aliphatic rings. The van der Waals surface area contributed by atoms with Crippen molar-refractivity contribution < 1.29 is 22.7 Å². The summed E-state index contributed by atoms with van der Waals surface area (Å²) in [5, 5.41) is 2.88. The number of aryl methyl sites for hydroxylation is 2. The van der Waals surface area contributed by atoms with Gasteiger partial charge >= 0.3 is 0 Å². The van der Waals surface area contributed by atoms with Crippen molar-refractivity contribution in [3.05, 3.63) is 125 Å². The number of ether oxygens (including phenoxy) is 1. The molecule has 0 fully saturated rings. The molecular weight excluding hydrogens is 586 g/mol. The van der Waals surface area contributed by atoms with Crippen molar-refractivity contribution in [1.29, 1.82) is 0 Å². The van der Waals surface area contributed by atoms with Crippen LogP contribution in [0.25, 0.3) is 0 Å². The van der Waals surface area contributed by atoms with Crippen LogP contribution in [0.15, 0.2) is 108 Å².